The number of para-hydroxylation sites is 1. The number of benzene rings is 1. The van der Waals surface area contributed by atoms with Crippen molar-refractivity contribution >= 4 is 11.8 Å². The van der Waals surface area contributed by atoms with Crippen molar-refractivity contribution < 1.29 is 19.1 Å². The molecule has 1 atom stereocenters. The van der Waals surface area contributed by atoms with Crippen molar-refractivity contribution in [3.05, 3.63) is 29.8 Å². The van der Waals surface area contributed by atoms with Gasteiger partial charge in [-0.1, -0.05) is 12.1 Å². The zero-order valence-corrected chi connectivity index (χ0v) is 11.1. The van der Waals surface area contributed by atoms with Crippen molar-refractivity contribution in [3.63, 3.8) is 0 Å². The second kappa shape index (κ2) is 6.91. The van der Waals surface area contributed by atoms with Crippen LogP contribution in [-0.2, 0) is 9.53 Å². The van der Waals surface area contributed by atoms with Crippen molar-refractivity contribution in [2.75, 3.05) is 26.4 Å². The summed E-state index contributed by atoms with van der Waals surface area (Å²) in [6.07, 6.45) is 0.958. The van der Waals surface area contributed by atoms with Crippen LogP contribution >= 0.6 is 0 Å². The lowest BCUT2D eigenvalue weighted by Gasteiger charge is -2.12. The highest BCUT2D eigenvalue weighted by Crippen LogP contribution is 2.18. The molecule has 1 heterocycles. The molecule has 0 saturated carbocycles. The highest BCUT2D eigenvalue weighted by atomic mass is 16.5. The minimum absolute atomic E-state index is 0.225. The Labute approximate surface area is 117 Å². The number of amides is 2. The monoisotopic (exact) mass is 278 g/mol. The Morgan fingerprint density at radius 1 is 1.40 bits per heavy atom. The quantitative estimate of drug-likeness (QED) is 0.784. The van der Waals surface area contributed by atoms with Crippen LogP contribution in [0.2, 0.25) is 0 Å². The number of hydrogen-bond donors (Lipinski definition) is 2. The van der Waals surface area contributed by atoms with Gasteiger partial charge >= 0.3 is 0 Å². The summed E-state index contributed by atoms with van der Waals surface area (Å²) in [5.74, 6) is -0.0931. The molecular formula is C14H18N2O4. The average Bonchev–Trinajstić information content (AvgIpc) is 2.96. The maximum atomic E-state index is 12.1. The van der Waals surface area contributed by atoms with Crippen LogP contribution < -0.4 is 15.8 Å². The molecule has 1 fully saturated rings. The van der Waals surface area contributed by atoms with Crippen LogP contribution in [0.1, 0.15) is 16.8 Å². The van der Waals surface area contributed by atoms with Gasteiger partial charge in [0, 0.05) is 19.1 Å². The molecule has 1 aromatic rings. The van der Waals surface area contributed by atoms with E-state index in [1.165, 1.54) is 0 Å². The van der Waals surface area contributed by atoms with E-state index in [-0.39, 0.29) is 12.5 Å². The van der Waals surface area contributed by atoms with Crippen LogP contribution in [0, 0.1) is 5.92 Å². The largest absolute Gasteiger partial charge is 0.483 e. The Hall–Kier alpha value is -2.08. The molecule has 0 unspecified atom stereocenters. The number of ether oxygens (including phenoxy) is 2. The summed E-state index contributed by atoms with van der Waals surface area (Å²) in [6, 6.07) is 6.76. The summed E-state index contributed by atoms with van der Waals surface area (Å²) in [5, 5.41) is 2.85. The molecule has 1 aromatic carbocycles. The molecule has 0 radical (unpaired) electrons. The van der Waals surface area contributed by atoms with Gasteiger partial charge in [0.05, 0.1) is 12.2 Å². The zero-order valence-electron chi connectivity index (χ0n) is 11.1. The van der Waals surface area contributed by atoms with Gasteiger partial charge in [-0.3, -0.25) is 9.59 Å². The molecule has 1 aliphatic rings. The minimum atomic E-state index is -0.580. The molecule has 0 bridgehead atoms. The Bertz CT molecular complexity index is 484. The summed E-state index contributed by atoms with van der Waals surface area (Å²) < 4.78 is 10.5. The summed E-state index contributed by atoms with van der Waals surface area (Å²) in [6.45, 7) is 1.75. The summed E-state index contributed by atoms with van der Waals surface area (Å²) in [4.78, 5) is 22.9. The van der Waals surface area contributed by atoms with Gasteiger partial charge < -0.3 is 20.5 Å². The molecule has 20 heavy (non-hydrogen) atoms. The molecule has 0 aliphatic carbocycles. The molecular weight excluding hydrogens is 260 g/mol. The van der Waals surface area contributed by atoms with E-state index in [9.17, 15) is 9.59 Å². The van der Waals surface area contributed by atoms with E-state index in [0.29, 0.717) is 30.4 Å². The standard InChI is InChI=1S/C14H18N2O4/c15-13(17)9-20-12-4-2-1-3-11(12)14(18)16-7-10-5-6-19-8-10/h1-4,10H,5-9H2,(H2,15,17)(H,16,18)/t10-/m1/s1. The SMILES string of the molecule is NC(=O)COc1ccccc1C(=O)NC[C@H]1CCOC1. The molecule has 0 aromatic heterocycles. The lowest BCUT2D eigenvalue weighted by molar-refractivity contribution is -0.119. The van der Waals surface area contributed by atoms with Crippen molar-refractivity contribution in [1.82, 2.24) is 5.32 Å². The molecule has 2 rings (SSSR count). The average molecular weight is 278 g/mol. The second-order valence-corrected chi connectivity index (χ2v) is 4.69. The molecule has 108 valence electrons. The van der Waals surface area contributed by atoms with Crippen LogP contribution in [-0.4, -0.2) is 38.2 Å². The lowest BCUT2D eigenvalue weighted by atomic mass is 10.1. The third-order valence-electron chi connectivity index (χ3n) is 3.08. The normalized spacial score (nSPS) is 17.7. The number of carbonyl (C=O) groups is 2. The van der Waals surface area contributed by atoms with Crippen LogP contribution in [0.3, 0.4) is 0 Å². The lowest BCUT2D eigenvalue weighted by Crippen LogP contribution is -2.30. The molecule has 2 amide bonds. The second-order valence-electron chi connectivity index (χ2n) is 4.69. The van der Waals surface area contributed by atoms with Crippen molar-refractivity contribution in [1.29, 1.82) is 0 Å². The first-order valence-electron chi connectivity index (χ1n) is 6.53. The number of carbonyl (C=O) groups excluding carboxylic acids is 2. The van der Waals surface area contributed by atoms with Crippen molar-refractivity contribution in [2.24, 2.45) is 11.7 Å². The zero-order chi connectivity index (χ0) is 14.4. The van der Waals surface area contributed by atoms with E-state index in [4.69, 9.17) is 15.2 Å². The minimum Gasteiger partial charge on any atom is -0.483 e. The fourth-order valence-electron chi connectivity index (χ4n) is 2.01. The van der Waals surface area contributed by atoms with Gasteiger partial charge in [0.15, 0.2) is 6.61 Å². The van der Waals surface area contributed by atoms with Crippen molar-refractivity contribution in [2.45, 2.75) is 6.42 Å². The van der Waals surface area contributed by atoms with E-state index in [1.807, 2.05) is 0 Å². The van der Waals surface area contributed by atoms with Crippen LogP contribution in [0.4, 0.5) is 0 Å². The number of nitrogens with two attached hydrogens (primary N) is 1. The van der Waals surface area contributed by atoms with Crippen LogP contribution in [0.15, 0.2) is 24.3 Å². The van der Waals surface area contributed by atoms with Gasteiger partial charge in [-0.2, -0.15) is 0 Å². The first-order valence-corrected chi connectivity index (χ1v) is 6.53. The molecule has 1 saturated heterocycles. The number of nitrogens with one attached hydrogen (secondary N) is 1. The third-order valence-corrected chi connectivity index (χ3v) is 3.08. The maximum absolute atomic E-state index is 12.1. The first kappa shape index (κ1) is 14.3. The van der Waals surface area contributed by atoms with Gasteiger partial charge in [-0.05, 0) is 18.6 Å². The Morgan fingerprint density at radius 3 is 2.90 bits per heavy atom. The van der Waals surface area contributed by atoms with Gasteiger partial charge in [-0.15, -0.1) is 0 Å². The van der Waals surface area contributed by atoms with Crippen LogP contribution in [0.5, 0.6) is 5.75 Å². The Kier molecular flexibility index (Phi) is 4.95. The summed E-state index contributed by atoms with van der Waals surface area (Å²) in [5.41, 5.74) is 5.43. The van der Waals surface area contributed by atoms with Gasteiger partial charge in [-0.25, -0.2) is 0 Å². The predicted octanol–water partition coefficient (Wildman–Crippen LogP) is 0.317. The van der Waals surface area contributed by atoms with Crippen LogP contribution in [0.25, 0.3) is 0 Å². The predicted molar refractivity (Wildman–Crippen MR) is 72.4 cm³/mol. The van der Waals surface area contributed by atoms with E-state index >= 15 is 0 Å². The Morgan fingerprint density at radius 2 is 2.20 bits per heavy atom. The fraction of sp³-hybridized carbons (Fsp3) is 0.429. The first-order chi connectivity index (χ1) is 9.66. The molecule has 6 nitrogen and oxygen atoms in total. The molecule has 0 spiro atoms. The Balaban J connectivity index is 1.95. The smallest absolute Gasteiger partial charge is 0.255 e. The molecule has 3 N–H and O–H groups in total. The summed E-state index contributed by atoms with van der Waals surface area (Å²) >= 11 is 0. The van der Waals surface area contributed by atoms with E-state index in [1.54, 1.807) is 24.3 Å². The van der Waals surface area contributed by atoms with E-state index < -0.39 is 5.91 Å². The highest BCUT2D eigenvalue weighted by Gasteiger charge is 2.18. The maximum Gasteiger partial charge on any atom is 0.255 e. The van der Waals surface area contributed by atoms with Gasteiger partial charge in [0.25, 0.3) is 11.8 Å². The third kappa shape index (κ3) is 3.96. The van der Waals surface area contributed by atoms with Gasteiger partial charge in [0.2, 0.25) is 0 Å². The number of hydrogen-bond acceptors (Lipinski definition) is 4. The van der Waals surface area contributed by atoms with E-state index in [0.717, 1.165) is 13.0 Å². The van der Waals surface area contributed by atoms with Crippen molar-refractivity contribution in [3.8, 4) is 5.75 Å². The topological polar surface area (TPSA) is 90.7 Å². The molecule has 6 heteroatoms. The number of rotatable bonds is 6. The van der Waals surface area contributed by atoms with Gasteiger partial charge in [0.1, 0.15) is 5.75 Å². The van der Waals surface area contributed by atoms with E-state index in [2.05, 4.69) is 5.32 Å². The number of primary amides is 1. The summed E-state index contributed by atoms with van der Waals surface area (Å²) in [7, 11) is 0. The fourth-order valence-corrected chi connectivity index (χ4v) is 2.01. The highest BCUT2D eigenvalue weighted by molar-refractivity contribution is 5.97. The molecule has 1 aliphatic heterocycles.